The second-order valence-electron chi connectivity index (χ2n) is 5.14. The molecule has 4 N–H and O–H groups in total. The van der Waals surface area contributed by atoms with E-state index in [9.17, 15) is 14.0 Å². The molecule has 1 fully saturated rings. The van der Waals surface area contributed by atoms with Crippen LogP contribution in [0, 0.1) is 11.2 Å². The normalized spacial score (nSPS) is 22.5. The zero-order valence-corrected chi connectivity index (χ0v) is 10.6. The molecule has 1 heterocycles. The first kappa shape index (κ1) is 13.3. The molecule has 1 atom stereocenters. The van der Waals surface area contributed by atoms with E-state index < -0.39 is 17.1 Å². The van der Waals surface area contributed by atoms with Crippen LogP contribution in [0.1, 0.15) is 23.7 Å². The van der Waals surface area contributed by atoms with E-state index in [0.717, 1.165) is 6.07 Å². The van der Waals surface area contributed by atoms with Gasteiger partial charge in [-0.2, -0.15) is 0 Å². The highest BCUT2D eigenvalue weighted by Crippen LogP contribution is 2.30. The van der Waals surface area contributed by atoms with Gasteiger partial charge in [0.1, 0.15) is 5.82 Å². The van der Waals surface area contributed by atoms with E-state index in [1.807, 2.05) is 0 Å². The highest BCUT2D eigenvalue weighted by atomic mass is 19.1. The van der Waals surface area contributed by atoms with Crippen LogP contribution in [-0.2, 0) is 4.79 Å². The molecular weight excluding hydrogens is 249 g/mol. The number of halogens is 1. The number of hydrogen-bond donors (Lipinski definition) is 2. The predicted octanol–water partition coefficient (Wildman–Crippen LogP) is 0.745. The number of amides is 2. The summed E-state index contributed by atoms with van der Waals surface area (Å²) in [5.41, 5.74) is 10.2. The van der Waals surface area contributed by atoms with Crippen LogP contribution in [-0.4, -0.2) is 29.8 Å². The number of likely N-dealkylation sites (tertiary alicyclic amines) is 1. The van der Waals surface area contributed by atoms with Gasteiger partial charge in [-0.15, -0.1) is 0 Å². The quantitative estimate of drug-likeness (QED) is 0.773. The van der Waals surface area contributed by atoms with Crippen LogP contribution in [0.5, 0.6) is 0 Å². The first-order valence-corrected chi connectivity index (χ1v) is 5.98. The number of anilines is 1. The Morgan fingerprint density at radius 2 is 2.11 bits per heavy atom. The number of hydrogen-bond acceptors (Lipinski definition) is 3. The van der Waals surface area contributed by atoms with E-state index in [0.29, 0.717) is 13.0 Å². The molecule has 1 saturated heterocycles. The monoisotopic (exact) mass is 265 g/mol. The Bertz CT molecular complexity index is 547. The Kier molecular flexibility index (Phi) is 3.18. The van der Waals surface area contributed by atoms with E-state index in [2.05, 4.69) is 0 Å². The molecule has 1 aliphatic heterocycles. The standard InChI is InChI=1S/C13H16FN3O2/c1-13(12(16)19)4-5-17(7-13)11(18)8-2-3-10(15)9(14)6-8/h2-3,6H,4-5,7,15H2,1H3,(H2,16,19). The molecule has 0 spiro atoms. The second-order valence-corrected chi connectivity index (χ2v) is 5.14. The smallest absolute Gasteiger partial charge is 0.253 e. The minimum absolute atomic E-state index is 0.0000498. The van der Waals surface area contributed by atoms with Gasteiger partial charge in [0.05, 0.1) is 11.1 Å². The molecule has 1 aromatic rings. The van der Waals surface area contributed by atoms with Gasteiger partial charge in [0, 0.05) is 18.7 Å². The van der Waals surface area contributed by atoms with Crippen LogP contribution in [0.3, 0.4) is 0 Å². The number of nitrogens with zero attached hydrogens (tertiary/aromatic N) is 1. The number of carbonyl (C=O) groups is 2. The van der Waals surface area contributed by atoms with Gasteiger partial charge < -0.3 is 16.4 Å². The lowest BCUT2D eigenvalue weighted by atomic mass is 9.89. The highest BCUT2D eigenvalue weighted by molar-refractivity contribution is 5.95. The van der Waals surface area contributed by atoms with Crippen molar-refractivity contribution in [1.29, 1.82) is 0 Å². The lowest BCUT2D eigenvalue weighted by Crippen LogP contribution is -2.38. The van der Waals surface area contributed by atoms with Gasteiger partial charge >= 0.3 is 0 Å². The van der Waals surface area contributed by atoms with Crippen molar-refractivity contribution in [1.82, 2.24) is 4.90 Å². The summed E-state index contributed by atoms with van der Waals surface area (Å²) in [4.78, 5) is 25.0. The molecule has 0 radical (unpaired) electrons. The zero-order valence-electron chi connectivity index (χ0n) is 10.6. The van der Waals surface area contributed by atoms with E-state index in [1.54, 1.807) is 6.92 Å². The fourth-order valence-electron chi connectivity index (χ4n) is 2.18. The lowest BCUT2D eigenvalue weighted by molar-refractivity contribution is -0.126. The average molecular weight is 265 g/mol. The first-order valence-electron chi connectivity index (χ1n) is 5.98. The van der Waals surface area contributed by atoms with Gasteiger partial charge in [0.15, 0.2) is 0 Å². The Morgan fingerprint density at radius 1 is 1.42 bits per heavy atom. The van der Waals surface area contributed by atoms with Crippen molar-refractivity contribution >= 4 is 17.5 Å². The van der Waals surface area contributed by atoms with Crippen molar-refractivity contribution in [3.05, 3.63) is 29.6 Å². The summed E-state index contributed by atoms with van der Waals surface area (Å²) in [6.07, 6.45) is 0.519. The molecule has 0 aromatic heterocycles. The molecule has 0 bridgehead atoms. The van der Waals surface area contributed by atoms with Crippen molar-refractivity contribution in [3.8, 4) is 0 Å². The van der Waals surface area contributed by atoms with Gasteiger partial charge in [0.2, 0.25) is 5.91 Å². The molecule has 6 heteroatoms. The third-order valence-electron chi connectivity index (χ3n) is 3.60. The van der Waals surface area contributed by atoms with E-state index in [4.69, 9.17) is 11.5 Å². The number of nitrogens with two attached hydrogens (primary N) is 2. The third-order valence-corrected chi connectivity index (χ3v) is 3.60. The molecule has 2 amide bonds. The molecule has 0 saturated carbocycles. The molecule has 5 nitrogen and oxygen atoms in total. The van der Waals surface area contributed by atoms with Crippen LogP contribution >= 0.6 is 0 Å². The van der Waals surface area contributed by atoms with Crippen molar-refractivity contribution in [2.75, 3.05) is 18.8 Å². The van der Waals surface area contributed by atoms with Gasteiger partial charge in [0.25, 0.3) is 5.91 Å². The minimum Gasteiger partial charge on any atom is -0.396 e. The number of rotatable bonds is 2. The summed E-state index contributed by atoms with van der Waals surface area (Å²) in [5.74, 6) is -1.36. The molecule has 2 rings (SSSR count). The van der Waals surface area contributed by atoms with Gasteiger partial charge in [-0.05, 0) is 31.5 Å². The molecule has 1 unspecified atom stereocenters. The Balaban J connectivity index is 2.18. The molecular formula is C13H16FN3O2. The summed E-state index contributed by atoms with van der Waals surface area (Å²) in [7, 11) is 0. The number of primary amides is 1. The molecule has 19 heavy (non-hydrogen) atoms. The third kappa shape index (κ3) is 2.38. The average Bonchev–Trinajstić information content (AvgIpc) is 2.76. The van der Waals surface area contributed by atoms with Crippen LogP contribution in [0.4, 0.5) is 10.1 Å². The number of nitrogen functional groups attached to an aromatic ring is 1. The fraction of sp³-hybridized carbons (Fsp3) is 0.385. The van der Waals surface area contributed by atoms with Crippen molar-refractivity contribution in [2.45, 2.75) is 13.3 Å². The van der Waals surface area contributed by atoms with Crippen molar-refractivity contribution < 1.29 is 14.0 Å². The predicted molar refractivity (Wildman–Crippen MR) is 68.6 cm³/mol. The topological polar surface area (TPSA) is 89.4 Å². The van der Waals surface area contributed by atoms with Crippen LogP contribution in [0.2, 0.25) is 0 Å². The Morgan fingerprint density at radius 3 is 2.63 bits per heavy atom. The van der Waals surface area contributed by atoms with Crippen LogP contribution in [0.25, 0.3) is 0 Å². The maximum absolute atomic E-state index is 13.3. The van der Waals surface area contributed by atoms with Gasteiger partial charge in [-0.25, -0.2) is 4.39 Å². The summed E-state index contributed by atoms with van der Waals surface area (Å²) in [6, 6.07) is 3.93. The lowest BCUT2D eigenvalue weighted by Gasteiger charge is -2.21. The summed E-state index contributed by atoms with van der Waals surface area (Å²) < 4.78 is 13.3. The van der Waals surface area contributed by atoms with E-state index in [1.165, 1.54) is 17.0 Å². The first-order chi connectivity index (χ1) is 8.83. The zero-order chi connectivity index (χ0) is 14.2. The van der Waals surface area contributed by atoms with E-state index in [-0.39, 0.29) is 23.7 Å². The molecule has 1 aromatic carbocycles. The minimum atomic E-state index is -0.706. The maximum atomic E-state index is 13.3. The molecule has 102 valence electrons. The van der Waals surface area contributed by atoms with Crippen LogP contribution < -0.4 is 11.5 Å². The Labute approximate surface area is 110 Å². The fourth-order valence-corrected chi connectivity index (χ4v) is 2.18. The molecule has 0 aliphatic carbocycles. The highest BCUT2D eigenvalue weighted by Gasteiger charge is 2.40. The van der Waals surface area contributed by atoms with Gasteiger partial charge in [-0.1, -0.05) is 0 Å². The van der Waals surface area contributed by atoms with Crippen LogP contribution in [0.15, 0.2) is 18.2 Å². The largest absolute Gasteiger partial charge is 0.396 e. The molecule has 1 aliphatic rings. The maximum Gasteiger partial charge on any atom is 0.253 e. The Hall–Kier alpha value is -2.11. The summed E-state index contributed by atoms with van der Waals surface area (Å²) >= 11 is 0. The number of carbonyl (C=O) groups excluding carboxylic acids is 2. The number of benzene rings is 1. The second kappa shape index (κ2) is 4.53. The summed E-state index contributed by atoms with van der Waals surface area (Å²) in [5, 5.41) is 0. The van der Waals surface area contributed by atoms with Gasteiger partial charge in [-0.3, -0.25) is 9.59 Å². The van der Waals surface area contributed by atoms with Crippen molar-refractivity contribution in [2.24, 2.45) is 11.1 Å². The van der Waals surface area contributed by atoms with E-state index >= 15 is 0 Å². The van der Waals surface area contributed by atoms with Crippen molar-refractivity contribution in [3.63, 3.8) is 0 Å². The summed E-state index contributed by atoms with van der Waals surface area (Å²) in [6.45, 7) is 2.42. The SMILES string of the molecule is CC1(C(N)=O)CCN(C(=O)c2ccc(N)c(F)c2)C1.